The number of benzene rings is 1. The van der Waals surface area contributed by atoms with Gasteiger partial charge in [0.05, 0.1) is 5.54 Å². The zero-order chi connectivity index (χ0) is 14.0. The number of nitrogens with zero attached hydrogens (tertiary/aromatic N) is 2. The second-order valence-corrected chi connectivity index (χ2v) is 5.30. The van der Waals surface area contributed by atoms with Gasteiger partial charge in [-0.15, -0.1) is 0 Å². The van der Waals surface area contributed by atoms with E-state index in [4.69, 9.17) is 4.52 Å². The Morgan fingerprint density at radius 1 is 1.45 bits per heavy atom. The number of nitrogens with one attached hydrogen (secondary N) is 1. The summed E-state index contributed by atoms with van der Waals surface area (Å²) in [7, 11) is 0. The molecule has 0 saturated carbocycles. The monoisotopic (exact) mass is 275 g/mol. The summed E-state index contributed by atoms with van der Waals surface area (Å²) in [5, 5.41) is 7.50. The maximum atomic E-state index is 13.3. The molecule has 1 aromatic carbocycles. The Labute approximate surface area is 117 Å². The fraction of sp³-hybridized carbons (Fsp3) is 0.467. The molecule has 3 rings (SSSR count). The molecule has 1 aliphatic rings. The zero-order valence-electron chi connectivity index (χ0n) is 11.5. The van der Waals surface area contributed by atoms with Crippen LogP contribution in [0.3, 0.4) is 0 Å². The van der Waals surface area contributed by atoms with Gasteiger partial charge < -0.3 is 9.84 Å². The standard InChI is InChI=1S/C15H18FN3O/c1-2-7-15(8-4-9-17-15)14-18-13(19-20-14)11-5-3-6-12(16)10-11/h3,5-6,10,17H,2,4,7-9H2,1H3. The Morgan fingerprint density at radius 2 is 2.35 bits per heavy atom. The fourth-order valence-corrected chi connectivity index (χ4v) is 2.90. The lowest BCUT2D eigenvalue weighted by Gasteiger charge is -2.24. The first-order valence-electron chi connectivity index (χ1n) is 7.09. The second-order valence-electron chi connectivity index (χ2n) is 5.30. The molecule has 1 atom stereocenters. The molecule has 106 valence electrons. The number of halogens is 1. The summed E-state index contributed by atoms with van der Waals surface area (Å²) in [6.07, 6.45) is 4.13. The lowest BCUT2D eigenvalue weighted by molar-refractivity contribution is 0.241. The summed E-state index contributed by atoms with van der Waals surface area (Å²) in [4.78, 5) is 4.49. The van der Waals surface area contributed by atoms with Crippen LogP contribution in [0.25, 0.3) is 11.4 Å². The predicted molar refractivity (Wildman–Crippen MR) is 73.5 cm³/mol. The molecule has 1 saturated heterocycles. The van der Waals surface area contributed by atoms with E-state index in [-0.39, 0.29) is 11.4 Å². The van der Waals surface area contributed by atoms with Crippen LogP contribution in [0, 0.1) is 5.82 Å². The first-order valence-corrected chi connectivity index (χ1v) is 7.09. The molecule has 0 amide bonds. The van der Waals surface area contributed by atoms with Crippen LogP contribution in [0.1, 0.15) is 38.5 Å². The van der Waals surface area contributed by atoms with E-state index in [1.165, 1.54) is 12.1 Å². The number of rotatable bonds is 4. The Balaban J connectivity index is 1.93. The van der Waals surface area contributed by atoms with Gasteiger partial charge in [0.25, 0.3) is 0 Å². The minimum atomic E-state index is -0.295. The average molecular weight is 275 g/mol. The van der Waals surface area contributed by atoms with Gasteiger partial charge in [-0.25, -0.2) is 4.39 Å². The molecule has 1 aliphatic heterocycles. The van der Waals surface area contributed by atoms with Crippen molar-refractivity contribution in [2.24, 2.45) is 0 Å². The van der Waals surface area contributed by atoms with Crippen LogP contribution in [0.5, 0.6) is 0 Å². The third kappa shape index (κ3) is 2.33. The van der Waals surface area contributed by atoms with Crippen LogP contribution in [0.4, 0.5) is 4.39 Å². The predicted octanol–water partition coefficient (Wildman–Crippen LogP) is 3.25. The van der Waals surface area contributed by atoms with E-state index in [0.29, 0.717) is 17.3 Å². The average Bonchev–Trinajstić information content (AvgIpc) is 3.08. The zero-order valence-corrected chi connectivity index (χ0v) is 11.5. The van der Waals surface area contributed by atoms with Gasteiger partial charge in [-0.05, 0) is 37.9 Å². The van der Waals surface area contributed by atoms with E-state index >= 15 is 0 Å². The van der Waals surface area contributed by atoms with E-state index < -0.39 is 0 Å². The van der Waals surface area contributed by atoms with Crippen molar-refractivity contribution in [2.45, 2.75) is 38.1 Å². The molecule has 0 aliphatic carbocycles. The molecule has 1 unspecified atom stereocenters. The van der Waals surface area contributed by atoms with Gasteiger partial charge >= 0.3 is 0 Å². The van der Waals surface area contributed by atoms with Gasteiger partial charge in [0.1, 0.15) is 5.82 Å². The number of aromatic nitrogens is 2. The summed E-state index contributed by atoms with van der Waals surface area (Å²) < 4.78 is 18.7. The molecule has 0 bridgehead atoms. The van der Waals surface area contributed by atoms with Crippen LogP contribution in [0.15, 0.2) is 28.8 Å². The van der Waals surface area contributed by atoms with E-state index in [1.807, 2.05) is 0 Å². The third-order valence-corrected chi connectivity index (χ3v) is 3.84. The van der Waals surface area contributed by atoms with E-state index in [9.17, 15) is 4.39 Å². The molecule has 1 N–H and O–H groups in total. The van der Waals surface area contributed by atoms with Crippen molar-refractivity contribution in [3.05, 3.63) is 36.0 Å². The van der Waals surface area contributed by atoms with Crippen LogP contribution < -0.4 is 5.32 Å². The Morgan fingerprint density at radius 3 is 3.05 bits per heavy atom. The topological polar surface area (TPSA) is 51.0 Å². The molecule has 2 heterocycles. The molecular weight excluding hydrogens is 257 g/mol. The van der Waals surface area contributed by atoms with Crippen molar-refractivity contribution in [1.29, 1.82) is 0 Å². The molecule has 0 spiro atoms. The van der Waals surface area contributed by atoms with Gasteiger partial charge in [0, 0.05) is 5.56 Å². The minimum absolute atomic E-state index is 0.201. The van der Waals surface area contributed by atoms with Crippen LogP contribution >= 0.6 is 0 Å². The molecule has 0 radical (unpaired) electrons. The highest BCUT2D eigenvalue weighted by molar-refractivity contribution is 5.54. The lowest BCUT2D eigenvalue weighted by Crippen LogP contribution is -2.36. The normalized spacial score (nSPS) is 22.3. The summed E-state index contributed by atoms with van der Waals surface area (Å²) in [5.74, 6) is 0.774. The Kier molecular flexibility index (Phi) is 3.53. The highest BCUT2D eigenvalue weighted by Crippen LogP contribution is 2.35. The quantitative estimate of drug-likeness (QED) is 0.930. The highest BCUT2D eigenvalue weighted by atomic mass is 19.1. The number of hydrogen-bond donors (Lipinski definition) is 1. The Bertz CT molecular complexity index is 590. The van der Waals surface area contributed by atoms with Gasteiger partial charge in [-0.2, -0.15) is 4.98 Å². The first kappa shape index (κ1) is 13.2. The summed E-state index contributed by atoms with van der Waals surface area (Å²) in [6, 6.07) is 6.26. The second kappa shape index (κ2) is 5.32. The van der Waals surface area contributed by atoms with Gasteiger partial charge in [0.2, 0.25) is 11.7 Å². The first-order chi connectivity index (χ1) is 9.73. The maximum Gasteiger partial charge on any atom is 0.247 e. The lowest BCUT2D eigenvalue weighted by atomic mass is 9.92. The highest BCUT2D eigenvalue weighted by Gasteiger charge is 2.39. The van der Waals surface area contributed by atoms with Crippen LogP contribution in [-0.4, -0.2) is 16.7 Å². The van der Waals surface area contributed by atoms with Crippen LogP contribution in [0.2, 0.25) is 0 Å². The SMILES string of the molecule is CCCC1(c2nc(-c3cccc(F)c3)no2)CCCN1. The van der Waals surface area contributed by atoms with E-state index in [1.54, 1.807) is 12.1 Å². The van der Waals surface area contributed by atoms with Gasteiger partial charge in [-0.3, -0.25) is 0 Å². The van der Waals surface area contributed by atoms with Crippen molar-refractivity contribution >= 4 is 0 Å². The van der Waals surface area contributed by atoms with Gasteiger partial charge in [-0.1, -0.05) is 30.6 Å². The molecule has 2 aromatic rings. The van der Waals surface area contributed by atoms with Crippen molar-refractivity contribution in [2.75, 3.05) is 6.54 Å². The molecule has 1 aromatic heterocycles. The fourth-order valence-electron chi connectivity index (χ4n) is 2.90. The molecule has 1 fully saturated rings. The maximum absolute atomic E-state index is 13.3. The van der Waals surface area contributed by atoms with Crippen molar-refractivity contribution in [1.82, 2.24) is 15.5 Å². The largest absolute Gasteiger partial charge is 0.337 e. The summed E-state index contributed by atoms with van der Waals surface area (Å²) in [5.41, 5.74) is 0.442. The van der Waals surface area contributed by atoms with Crippen LogP contribution in [-0.2, 0) is 5.54 Å². The summed E-state index contributed by atoms with van der Waals surface area (Å²) >= 11 is 0. The van der Waals surface area contributed by atoms with E-state index in [0.717, 1.165) is 32.2 Å². The Hall–Kier alpha value is -1.75. The third-order valence-electron chi connectivity index (χ3n) is 3.84. The van der Waals surface area contributed by atoms with Gasteiger partial charge in [0.15, 0.2) is 0 Å². The van der Waals surface area contributed by atoms with Crippen molar-refractivity contribution in [3.8, 4) is 11.4 Å². The van der Waals surface area contributed by atoms with E-state index in [2.05, 4.69) is 22.4 Å². The number of hydrogen-bond acceptors (Lipinski definition) is 4. The molecule has 5 heteroatoms. The van der Waals surface area contributed by atoms with Crippen molar-refractivity contribution < 1.29 is 8.91 Å². The molecular formula is C15H18FN3O. The van der Waals surface area contributed by atoms with Crippen molar-refractivity contribution in [3.63, 3.8) is 0 Å². The summed E-state index contributed by atoms with van der Waals surface area (Å²) in [6.45, 7) is 3.11. The molecule has 20 heavy (non-hydrogen) atoms. The minimum Gasteiger partial charge on any atom is -0.337 e. The smallest absolute Gasteiger partial charge is 0.247 e. The molecule has 4 nitrogen and oxygen atoms in total.